The Morgan fingerprint density at radius 1 is 1.00 bits per heavy atom. The van der Waals surface area contributed by atoms with Crippen molar-refractivity contribution in [1.29, 1.82) is 0 Å². The van der Waals surface area contributed by atoms with Crippen molar-refractivity contribution in [3.63, 3.8) is 0 Å². The third-order valence-electron chi connectivity index (χ3n) is 4.03. The Labute approximate surface area is 185 Å². The third kappa shape index (κ3) is 6.51. The first-order valence-electron chi connectivity index (χ1n) is 9.19. The number of carboxylic acids is 1. The fourth-order valence-corrected chi connectivity index (χ4v) is 3.80. The number of nitrogens with one attached hydrogen (secondary N) is 1. The summed E-state index contributed by atoms with van der Waals surface area (Å²) >= 11 is 6.00. The molecule has 8 heteroatoms. The molecule has 0 aromatic heterocycles. The van der Waals surface area contributed by atoms with Crippen LogP contribution >= 0.6 is 11.6 Å². The van der Waals surface area contributed by atoms with Gasteiger partial charge in [-0.1, -0.05) is 41.6 Å². The fourth-order valence-electron chi connectivity index (χ4n) is 2.55. The van der Waals surface area contributed by atoms with E-state index in [-0.39, 0.29) is 23.4 Å². The van der Waals surface area contributed by atoms with Gasteiger partial charge in [0.1, 0.15) is 11.5 Å². The molecule has 0 fully saturated rings. The quantitative estimate of drug-likeness (QED) is 0.480. The summed E-state index contributed by atoms with van der Waals surface area (Å²) in [5, 5.41) is 9.08. The minimum Gasteiger partial charge on any atom is -0.481 e. The van der Waals surface area contributed by atoms with Crippen molar-refractivity contribution < 1.29 is 23.1 Å². The maximum atomic E-state index is 12.8. The number of para-hydroxylation sites is 1. The van der Waals surface area contributed by atoms with Gasteiger partial charge in [0.15, 0.2) is 0 Å². The molecule has 0 heterocycles. The Morgan fingerprint density at radius 3 is 2.35 bits per heavy atom. The van der Waals surface area contributed by atoms with E-state index in [1.54, 1.807) is 30.3 Å². The van der Waals surface area contributed by atoms with E-state index in [9.17, 15) is 13.2 Å². The topological polar surface area (TPSA) is 92.7 Å². The van der Waals surface area contributed by atoms with Crippen molar-refractivity contribution in [2.24, 2.45) is 0 Å². The van der Waals surface area contributed by atoms with Crippen LogP contribution in [0.15, 0.2) is 77.7 Å². The van der Waals surface area contributed by atoms with Gasteiger partial charge in [-0.15, -0.1) is 0 Å². The third-order valence-corrected chi connectivity index (χ3v) is 5.64. The van der Waals surface area contributed by atoms with E-state index in [1.807, 2.05) is 18.2 Å². The van der Waals surface area contributed by atoms with Gasteiger partial charge in [-0.05, 0) is 54.6 Å². The molecule has 3 aromatic rings. The molecule has 0 saturated carbocycles. The molecule has 0 radical (unpaired) electrons. The van der Waals surface area contributed by atoms with Gasteiger partial charge in [0.25, 0.3) is 10.0 Å². The van der Waals surface area contributed by atoms with Gasteiger partial charge in [-0.25, -0.2) is 8.42 Å². The highest BCUT2D eigenvalue weighted by Crippen LogP contribution is 2.26. The van der Waals surface area contributed by atoms with Crippen LogP contribution in [0.25, 0.3) is 0 Å². The van der Waals surface area contributed by atoms with Crippen LogP contribution in [0.1, 0.15) is 18.4 Å². The summed E-state index contributed by atoms with van der Waals surface area (Å²) < 4.78 is 33.8. The lowest BCUT2D eigenvalue weighted by Gasteiger charge is -2.11. The summed E-state index contributed by atoms with van der Waals surface area (Å²) in [6.45, 7) is 0. The van der Waals surface area contributed by atoms with Crippen LogP contribution in [-0.2, 0) is 14.8 Å². The smallest absolute Gasteiger partial charge is 0.304 e. The van der Waals surface area contributed by atoms with E-state index in [1.165, 1.54) is 24.3 Å². The van der Waals surface area contributed by atoms with E-state index in [0.29, 0.717) is 22.1 Å². The van der Waals surface area contributed by atoms with Gasteiger partial charge in [-0.3, -0.25) is 9.52 Å². The van der Waals surface area contributed by atoms with Crippen molar-refractivity contribution in [3.8, 4) is 23.3 Å². The van der Waals surface area contributed by atoms with Crippen LogP contribution in [0.5, 0.6) is 11.5 Å². The SMILES string of the molecule is O=C(O)CCC#Cc1cc(Cl)ccc1NS(=O)(=O)c1ccc(Oc2ccccc2)cc1. The molecule has 158 valence electrons. The highest BCUT2D eigenvalue weighted by atomic mass is 35.5. The molecule has 2 N–H and O–H groups in total. The number of carbonyl (C=O) groups is 1. The lowest BCUT2D eigenvalue weighted by Crippen LogP contribution is -2.13. The van der Waals surface area contributed by atoms with Crippen molar-refractivity contribution in [2.75, 3.05) is 4.72 Å². The zero-order chi connectivity index (χ0) is 22.3. The molecule has 0 unspecified atom stereocenters. The summed E-state index contributed by atoms with van der Waals surface area (Å²) in [5.41, 5.74) is 0.599. The predicted octanol–water partition coefficient (Wildman–Crippen LogP) is 5.15. The molecule has 0 aliphatic heterocycles. The number of anilines is 1. The number of halogens is 1. The number of hydrogen-bond donors (Lipinski definition) is 2. The highest BCUT2D eigenvalue weighted by molar-refractivity contribution is 7.92. The van der Waals surface area contributed by atoms with E-state index >= 15 is 0 Å². The number of benzene rings is 3. The number of ether oxygens (including phenoxy) is 1. The Hall–Kier alpha value is -3.47. The first-order chi connectivity index (χ1) is 14.8. The summed E-state index contributed by atoms with van der Waals surface area (Å²) in [5.74, 6) is 5.68. The van der Waals surface area contributed by atoms with Gasteiger partial charge in [0.2, 0.25) is 0 Å². The van der Waals surface area contributed by atoms with Gasteiger partial charge in [-0.2, -0.15) is 0 Å². The number of hydrogen-bond acceptors (Lipinski definition) is 4. The molecule has 0 saturated heterocycles. The zero-order valence-corrected chi connectivity index (χ0v) is 17.8. The number of carboxylic acid groups (broad SMARTS) is 1. The van der Waals surface area contributed by atoms with Gasteiger partial charge in [0, 0.05) is 11.4 Å². The van der Waals surface area contributed by atoms with E-state index < -0.39 is 16.0 Å². The van der Waals surface area contributed by atoms with Crippen LogP contribution in [0.4, 0.5) is 5.69 Å². The molecule has 0 atom stereocenters. The summed E-state index contributed by atoms with van der Waals surface area (Å²) in [4.78, 5) is 10.7. The summed E-state index contributed by atoms with van der Waals surface area (Å²) in [6, 6.07) is 19.7. The normalized spacial score (nSPS) is 10.6. The average molecular weight is 456 g/mol. The second kappa shape index (κ2) is 10.0. The molecule has 0 bridgehead atoms. The van der Waals surface area contributed by atoms with E-state index in [2.05, 4.69) is 16.6 Å². The minimum absolute atomic E-state index is 0.0487. The first kappa shape index (κ1) is 22.2. The Kier molecular flexibility index (Phi) is 7.19. The van der Waals surface area contributed by atoms with Crippen molar-refractivity contribution in [2.45, 2.75) is 17.7 Å². The van der Waals surface area contributed by atoms with Crippen LogP contribution < -0.4 is 9.46 Å². The zero-order valence-electron chi connectivity index (χ0n) is 16.2. The summed E-state index contributed by atoms with van der Waals surface area (Å²) in [7, 11) is -3.89. The number of sulfonamides is 1. The van der Waals surface area contributed by atoms with Gasteiger partial charge >= 0.3 is 5.97 Å². The molecule has 3 aromatic carbocycles. The first-order valence-corrected chi connectivity index (χ1v) is 11.1. The van der Waals surface area contributed by atoms with Gasteiger partial charge in [0.05, 0.1) is 22.6 Å². The monoisotopic (exact) mass is 455 g/mol. The molecular formula is C23H18ClNO5S. The minimum atomic E-state index is -3.89. The van der Waals surface area contributed by atoms with Crippen molar-refractivity contribution >= 4 is 33.3 Å². The van der Waals surface area contributed by atoms with Gasteiger partial charge < -0.3 is 9.84 Å². The molecule has 31 heavy (non-hydrogen) atoms. The van der Waals surface area contributed by atoms with Crippen LogP contribution in [0.2, 0.25) is 5.02 Å². The van der Waals surface area contributed by atoms with Crippen molar-refractivity contribution in [3.05, 3.63) is 83.4 Å². The molecule has 0 spiro atoms. The Morgan fingerprint density at radius 2 is 1.68 bits per heavy atom. The Balaban J connectivity index is 1.78. The highest BCUT2D eigenvalue weighted by Gasteiger charge is 2.16. The van der Waals surface area contributed by atoms with Crippen LogP contribution in [0, 0.1) is 11.8 Å². The molecule has 3 rings (SSSR count). The Bertz CT molecular complexity index is 1230. The average Bonchev–Trinajstić information content (AvgIpc) is 2.74. The van der Waals surface area contributed by atoms with Crippen molar-refractivity contribution in [1.82, 2.24) is 0 Å². The lowest BCUT2D eigenvalue weighted by molar-refractivity contribution is -0.136. The fraction of sp³-hybridized carbons (Fsp3) is 0.0870. The lowest BCUT2D eigenvalue weighted by atomic mass is 10.2. The standard InChI is InChI=1S/C23H18ClNO5S/c24-18-10-15-22(17(16-18)6-4-5-9-23(26)27)25-31(28,29)21-13-11-20(12-14-21)30-19-7-2-1-3-8-19/h1-3,7-8,10-16,25H,5,9H2,(H,26,27). The molecule has 6 nitrogen and oxygen atoms in total. The number of rotatable bonds is 7. The van der Waals surface area contributed by atoms with E-state index in [0.717, 1.165) is 0 Å². The largest absolute Gasteiger partial charge is 0.481 e. The maximum Gasteiger partial charge on any atom is 0.304 e. The summed E-state index contributed by atoms with van der Waals surface area (Å²) in [6.07, 6.45) is 0.0307. The number of aliphatic carboxylic acids is 1. The van der Waals surface area contributed by atoms with E-state index in [4.69, 9.17) is 21.4 Å². The second-order valence-electron chi connectivity index (χ2n) is 6.38. The molecule has 0 aliphatic carbocycles. The maximum absolute atomic E-state index is 12.8. The molecule has 0 aliphatic rings. The molecule has 0 amide bonds. The predicted molar refractivity (Wildman–Crippen MR) is 119 cm³/mol. The van der Waals surface area contributed by atoms with Crippen LogP contribution in [-0.4, -0.2) is 19.5 Å². The molecular weight excluding hydrogens is 438 g/mol. The second-order valence-corrected chi connectivity index (χ2v) is 8.50. The van der Waals surface area contributed by atoms with Crippen LogP contribution in [0.3, 0.4) is 0 Å².